The van der Waals surface area contributed by atoms with Gasteiger partial charge >= 0.3 is 0 Å². The number of hydrogen-bond donors (Lipinski definition) is 0. The average molecular weight is 244 g/mol. The van der Waals surface area contributed by atoms with Crippen molar-refractivity contribution in [3.8, 4) is 0 Å². The maximum atomic E-state index is 2.68. The third-order valence-corrected chi connectivity index (χ3v) is 5.17. The quantitative estimate of drug-likeness (QED) is 0.708. The molecule has 1 unspecified atom stereocenters. The molecule has 0 saturated carbocycles. The van der Waals surface area contributed by atoms with Crippen LogP contribution in [0.5, 0.6) is 0 Å². The minimum atomic E-state index is -0.473. The van der Waals surface area contributed by atoms with Gasteiger partial charge in [0.1, 0.15) is 8.96 Å². The molecule has 17 heavy (non-hydrogen) atoms. The van der Waals surface area contributed by atoms with Gasteiger partial charge in [-0.25, -0.2) is 0 Å². The van der Waals surface area contributed by atoms with Gasteiger partial charge in [-0.1, -0.05) is 49.5 Å². The first kappa shape index (κ1) is 12.6. The highest BCUT2D eigenvalue weighted by Crippen LogP contribution is 2.37. The van der Waals surface area contributed by atoms with Gasteiger partial charge in [0, 0.05) is 11.6 Å². The lowest BCUT2D eigenvalue weighted by molar-refractivity contribution is 0.215. The second-order valence-corrected chi connectivity index (χ2v) is 8.30. The normalized spacial score (nSPS) is 19.1. The second-order valence-electron chi connectivity index (χ2n) is 5.92. The summed E-state index contributed by atoms with van der Waals surface area (Å²) in [7, 11) is -0.473. The third-order valence-electron chi connectivity index (χ3n) is 3.26. The fraction of sp³-hybridized carbons (Fsp3) is 0.467. The molecule has 0 N–H and O–H groups in total. The molecule has 0 saturated heterocycles. The van der Waals surface area contributed by atoms with Crippen LogP contribution in [0.15, 0.2) is 30.3 Å². The van der Waals surface area contributed by atoms with E-state index in [0.29, 0.717) is 6.04 Å². The molecular weight excluding hydrogens is 222 g/mol. The Labute approximate surface area is 107 Å². The van der Waals surface area contributed by atoms with Crippen LogP contribution in [0.1, 0.15) is 37.9 Å². The monoisotopic (exact) mass is 244 g/mol. The van der Waals surface area contributed by atoms with Crippen LogP contribution in [-0.2, 0) is 0 Å². The predicted octanol–water partition coefficient (Wildman–Crippen LogP) is 4.11. The summed E-state index contributed by atoms with van der Waals surface area (Å²) < 4.78 is 2.68. The van der Waals surface area contributed by atoms with Gasteiger partial charge < -0.3 is 4.57 Å². The Morgan fingerprint density at radius 3 is 2.35 bits per heavy atom. The van der Waals surface area contributed by atoms with Crippen LogP contribution in [0.3, 0.4) is 0 Å². The van der Waals surface area contributed by atoms with E-state index in [-0.39, 0.29) is 5.54 Å². The molecule has 2 heteroatoms. The van der Waals surface area contributed by atoms with E-state index in [9.17, 15) is 0 Å². The zero-order valence-corrected chi connectivity index (χ0v) is 12.5. The lowest BCUT2D eigenvalue weighted by Gasteiger charge is -2.42. The van der Waals surface area contributed by atoms with Crippen molar-refractivity contribution in [2.75, 3.05) is 0 Å². The van der Waals surface area contributed by atoms with E-state index in [4.69, 9.17) is 0 Å². The largest absolute Gasteiger partial charge is 0.310 e. The van der Waals surface area contributed by atoms with Crippen molar-refractivity contribution in [2.24, 2.45) is 0 Å². The minimum Gasteiger partial charge on any atom is -0.310 e. The van der Waals surface area contributed by atoms with Crippen LogP contribution in [-0.4, -0.2) is 19.1 Å². The van der Waals surface area contributed by atoms with Crippen molar-refractivity contribution in [2.45, 2.75) is 45.4 Å². The maximum absolute atomic E-state index is 2.68. The molecule has 2 rings (SSSR count). The number of fused-ring (bicyclic) bond motifs is 1. The summed E-state index contributed by atoms with van der Waals surface area (Å²) in [5, 5.41) is 0. The highest BCUT2D eigenvalue weighted by Gasteiger charge is 2.33. The summed E-state index contributed by atoms with van der Waals surface area (Å²) >= 11 is 0. The van der Waals surface area contributed by atoms with Gasteiger partial charge in [-0.3, -0.25) is 0 Å². The first-order valence-corrected chi connectivity index (χ1v) is 8.72. The van der Waals surface area contributed by atoms with Crippen molar-refractivity contribution in [1.29, 1.82) is 0 Å². The Morgan fingerprint density at radius 1 is 1.12 bits per heavy atom. The Balaban J connectivity index is 2.39. The van der Waals surface area contributed by atoms with E-state index in [1.165, 1.54) is 11.1 Å². The van der Waals surface area contributed by atoms with E-state index in [0.717, 1.165) is 0 Å². The van der Waals surface area contributed by atoms with Crippen molar-refractivity contribution in [1.82, 2.24) is 4.57 Å². The topological polar surface area (TPSA) is 3.24 Å². The smallest absolute Gasteiger partial charge is 0.131 e. The van der Waals surface area contributed by atoms with Crippen LogP contribution in [0.2, 0.25) is 13.1 Å². The van der Waals surface area contributed by atoms with Crippen molar-refractivity contribution in [3.05, 3.63) is 41.5 Å². The molecule has 1 aromatic carbocycles. The summed E-state index contributed by atoms with van der Waals surface area (Å²) in [6, 6.07) is 9.22. The van der Waals surface area contributed by atoms with Crippen LogP contribution < -0.4 is 0 Å². The standard InChI is InChI=1S/C15H22NSi/c1-15(2,3)16(17(4)5)14-11-10-12-8-6-7-9-13(12)14/h6-11,14H,1-5H3. The molecule has 0 fully saturated rings. The molecule has 1 aromatic rings. The molecule has 0 aromatic heterocycles. The summed E-state index contributed by atoms with van der Waals surface area (Å²) in [6.45, 7) is 11.7. The van der Waals surface area contributed by atoms with Gasteiger partial charge in [0.15, 0.2) is 0 Å². The van der Waals surface area contributed by atoms with Crippen molar-refractivity contribution >= 4 is 15.0 Å². The number of hydrogen-bond acceptors (Lipinski definition) is 1. The molecular formula is C15H22NSi. The van der Waals surface area contributed by atoms with Crippen LogP contribution >= 0.6 is 0 Å². The predicted molar refractivity (Wildman–Crippen MR) is 77.3 cm³/mol. The summed E-state index contributed by atoms with van der Waals surface area (Å²) in [6.07, 6.45) is 4.62. The zero-order chi connectivity index (χ0) is 12.6. The molecule has 0 spiro atoms. The van der Waals surface area contributed by atoms with Gasteiger partial charge in [0.25, 0.3) is 0 Å². The van der Waals surface area contributed by atoms with Crippen molar-refractivity contribution < 1.29 is 0 Å². The molecule has 0 aliphatic heterocycles. The third kappa shape index (κ3) is 2.38. The second kappa shape index (κ2) is 4.43. The van der Waals surface area contributed by atoms with E-state index in [1.807, 2.05) is 0 Å². The van der Waals surface area contributed by atoms with E-state index in [1.54, 1.807) is 0 Å². The molecule has 0 heterocycles. The first-order chi connectivity index (χ1) is 7.91. The van der Waals surface area contributed by atoms with Gasteiger partial charge in [-0.05, 0) is 31.9 Å². The highest BCUT2D eigenvalue weighted by atomic mass is 28.3. The van der Waals surface area contributed by atoms with Gasteiger partial charge in [-0.15, -0.1) is 0 Å². The molecule has 0 bridgehead atoms. The minimum absolute atomic E-state index is 0.226. The SMILES string of the molecule is C[Si](C)N(C1C=Cc2ccccc21)C(C)(C)C. The van der Waals surface area contributed by atoms with Crippen LogP contribution in [0.25, 0.3) is 6.08 Å². The number of nitrogens with zero attached hydrogens (tertiary/aromatic N) is 1. The Hall–Kier alpha value is -0.863. The summed E-state index contributed by atoms with van der Waals surface area (Å²) in [5.74, 6) is 0. The van der Waals surface area contributed by atoms with Gasteiger partial charge in [-0.2, -0.15) is 0 Å². The fourth-order valence-electron chi connectivity index (χ4n) is 2.82. The Morgan fingerprint density at radius 2 is 1.76 bits per heavy atom. The van der Waals surface area contributed by atoms with E-state index >= 15 is 0 Å². The Bertz CT molecular complexity index is 429. The molecule has 1 radical (unpaired) electrons. The number of rotatable bonds is 2. The summed E-state index contributed by atoms with van der Waals surface area (Å²) in [5.41, 5.74) is 3.08. The zero-order valence-electron chi connectivity index (χ0n) is 11.5. The number of benzene rings is 1. The van der Waals surface area contributed by atoms with E-state index < -0.39 is 8.96 Å². The van der Waals surface area contributed by atoms with Gasteiger partial charge in [0.05, 0.1) is 0 Å². The Kier molecular flexibility index (Phi) is 3.28. The molecule has 1 aliphatic carbocycles. The molecule has 1 aliphatic rings. The van der Waals surface area contributed by atoms with Crippen molar-refractivity contribution in [3.63, 3.8) is 0 Å². The molecule has 1 atom stereocenters. The molecule has 91 valence electrons. The lowest BCUT2D eigenvalue weighted by atomic mass is 10.0. The summed E-state index contributed by atoms with van der Waals surface area (Å²) in [4.78, 5) is 0. The molecule has 0 amide bonds. The maximum Gasteiger partial charge on any atom is 0.131 e. The van der Waals surface area contributed by atoms with Gasteiger partial charge in [0.2, 0.25) is 0 Å². The highest BCUT2D eigenvalue weighted by molar-refractivity contribution is 6.53. The average Bonchev–Trinajstić information content (AvgIpc) is 2.60. The molecule has 1 nitrogen and oxygen atoms in total. The van der Waals surface area contributed by atoms with Crippen LogP contribution in [0.4, 0.5) is 0 Å². The fourth-order valence-corrected chi connectivity index (χ4v) is 4.95. The van der Waals surface area contributed by atoms with E-state index in [2.05, 4.69) is 74.8 Å². The van der Waals surface area contributed by atoms with Crippen LogP contribution in [0, 0.1) is 0 Å². The first-order valence-electron chi connectivity index (χ1n) is 6.28. The lowest BCUT2D eigenvalue weighted by Crippen LogP contribution is -2.49.